The van der Waals surface area contributed by atoms with Crippen LogP contribution in [0.4, 0.5) is 8.78 Å². The highest BCUT2D eigenvalue weighted by Gasteiger charge is 2.36. The van der Waals surface area contributed by atoms with Gasteiger partial charge in [0.1, 0.15) is 0 Å². The zero-order valence-electron chi connectivity index (χ0n) is 7.11. The van der Waals surface area contributed by atoms with Crippen LogP contribution in [0.3, 0.4) is 0 Å². The van der Waals surface area contributed by atoms with Crippen molar-refractivity contribution in [3.8, 4) is 0 Å². The Balaban J connectivity index is 2.80. The predicted octanol–water partition coefficient (Wildman–Crippen LogP) is 0.260. The van der Waals surface area contributed by atoms with E-state index < -0.39 is 21.8 Å². The molecule has 1 heterocycles. The quantitative estimate of drug-likeness (QED) is 0.663. The molecule has 7 heteroatoms. The number of morpholine rings is 1. The number of hydrogen-bond donors (Lipinski definition) is 0. The van der Waals surface area contributed by atoms with E-state index >= 15 is 0 Å². The molecule has 1 unspecified atom stereocenters. The van der Waals surface area contributed by atoms with E-state index in [1.807, 2.05) is 0 Å². The van der Waals surface area contributed by atoms with Gasteiger partial charge in [-0.25, -0.2) is 8.42 Å². The van der Waals surface area contributed by atoms with Gasteiger partial charge < -0.3 is 4.74 Å². The smallest absolute Gasteiger partial charge is 0.350 e. The van der Waals surface area contributed by atoms with Gasteiger partial charge in [-0.05, 0) is 6.92 Å². The summed E-state index contributed by atoms with van der Waals surface area (Å²) in [4.78, 5) is 0. The first-order valence-electron chi connectivity index (χ1n) is 3.83. The molecule has 0 aromatic rings. The summed E-state index contributed by atoms with van der Waals surface area (Å²) < 4.78 is 52.0. The van der Waals surface area contributed by atoms with Crippen LogP contribution in [0.1, 0.15) is 6.92 Å². The fraction of sp³-hybridized carbons (Fsp3) is 1.00. The Bertz CT molecular complexity index is 267. The average molecular weight is 215 g/mol. The largest absolute Gasteiger partial charge is 0.378 e. The van der Waals surface area contributed by atoms with Crippen molar-refractivity contribution >= 4 is 10.0 Å². The summed E-state index contributed by atoms with van der Waals surface area (Å²) in [5.74, 6) is -3.34. The molecule has 1 saturated heterocycles. The lowest BCUT2D eigenvalue weighted by Gasteiger charge is -2.31. The fourth-order valence-corrected chi connectivity index (χ4v) is 2.29. The molecule has 1 rings (SSSR count). The molecule has 1 fully saturated rings. The summed E-state index contributed by atoms with van der Waals surface area (Å²) in [7, 11) is -4.43. The van der Waals surface area contributed by atoms with Crippen molar-refractivity contribution < 1.29 is 21.9 Å². The Morgan fingerprint density at radius 3 is 2.62 bits per heavy atom. The Labute approximate surface area is 75.5 Å². The number of rotatable bonds is 2. The molecule has 0 aliphatic carbocycles. The Morgan fingerprint density at radius 1 is 1.54 bits per heavy atom. The number of nitrogens with zero attached hydrogens (tertiary/aromatic N) is 1. The van der Waals surface area contributed by atoms with Crippen molar-refractivity contribution in [2.45, 2.75) is 18.7 Å². The van der Waals surface area contributed by atoms with Gasteiger partial charge in [0.2, 0.25) is 0 Å². The lowest BCUT2D eigenvalue weighted by molar-refractivity contribution is 0.0358. The highest BCUT2D eigenvalue weighted by molar-refractivity contribution is 7.89. The summed E-state index contributed by atoms with van der Waals surface area (Å²) >= 11 is 0. The molecule has 1 aliphatic rings. The molecule has 0 bridgehead atoms. The topological polar surface area (TPSA) is 46.6 Å². The third-order valence-electron chi connectivity index (χ3n) is 1.86. The zero-order chi connectivity index (χ0) is 10.1. The number of ether oxygens (including phenoxy) is 1. The Morgan fingerprint density at radius 2 is 2.15 bits per heavy atom. The molecule has 0 spiro atoms. The van der Waals surface area contributed by atoms with Gasteiger partial charge in [0.15, 0.2) is 0 Å². The second kappa shape index (κ2) is 3.85. The van der Waals surface area contributed by atoms with Gasteiger partial charge in [-0.3, -0.25) is 0 Å². The maximum Gasteiger partial charge on any atom is 0.350 e. The molecule has 1 atom stereocenters. The lowest BCUT2D eigenvalue weighted by Crippen LogP contribution is -2.48. The summed E-state index contributed by atoms with van der Waals surface area (Å²) in [5, 5.41) is 0. The van der Waals surface area contributed by atoms with E-state index in [0.717, 1.165) is 4.31 Å². The van der Waals surface area contributed by atoms with Crippen molar-refractivity contribution in [2.75, 3.05) is 19.8 Å². The van der Waals surface area contributed by atoms with Crippen LogP contribution in [0.25, 0.3) is 0 Å². The molecular formula is C6H11F2NO3S. The average Bonchev–Trinajstić information content (AvgIpc) is 2.04. The van der Waals surface area contributed by atoms with Gasteiger partial charge in [0.25, 0.3) is 10.0 Å². The van der Waals surface area contributed by atoms with Crippen molar-refractivity contribution in [1.82, 2.24) is 4.31 Å². The van der Waals surface area contributed by atoms with E-state index in [4.69, 9.17) is 4.74 Å². The second-order valence-corrected chi connectivity index (χ2v) is 4.70. The van der Waals surface area contributed by atoms with E-state index in [2.05, 4.69) is 0 Å². The molecule has 0 aromatic heterocycles. The summed E-state index contributed by atoms with van der Waals surface area (Å²) in [6.07, 6.45) is 0. The van der Waals surface area contributed by atoms with Crippen LogP contribution in [0, 0.1) is 0 Å². The molecule has 4 nitrogen and oxygen atoms in total. The minimum Gasteiger partial charge on any atom is -0.378 e. The van der Waals surface area contributed by atoms with E-state index in [1.54, 1.807) is 6.92 Å². The van der Waals surface area contributed by atoms with Crippen LogP contribution >= 0.6 is 0 Å². The van der Waals surface area contributed by atoms with Crippen molar-refractivity contribution in [1.29, 1.82) is 0 Å². The van der Waals surface area contributed by atoms with Crippen LogP contribution in [0.5, 0.6) is 0 Å². The first kappa shape index (κ1) is 10.8. The van der Waals surface area contributed by atoms with Crippen LogP contribution < -0.4 is 0 Å². The molecule has 0 amide bonds. The molecule has 78 valence electrons. The highest BCUT2D eigenvalue weighted by Crippen LogP contribution is 2.17. The molecule has 0 saturated carbocycles. The predicted molar refractivity (Wildman–Crippen MR) is 41.9 cm³/mol. The van der Waals surface area contributed by atoms with Gasteiger partial charge in [0, 0.05) is 12.6 Å². The summed E-state index contributed by atoms with van der Waals surface area (Å²) in [6.45, 7) is 1.90. The SMILES string of the molecule is CC1COCCN1S(=O)(=O)C(F)F. The Kier molecular flexibility index (Phi) is 3.20. The molecule has 13 heavy (non-hydrogen) atoms. The standard InChI is InChI=1S/C6H11F2NO3S/c1-5-4-12-3-2-9(5)13(10,11)6(7)8/h5-6H,2-4H2,1H3. The van der Waals surface area contributed by atoms with Crippen LogP contribution in [-0.4, -0.2) is 44.3 Å². The summed E-state index contributed by atoms with van der Waals surface area (Å²) in [6, 6.07) is -0.507. The second-order valence-electron chi connectivity index (χ2n) is 2.84. The number of sulfonamides is 1. The lowest BCUT2D eigenvalue weighted by atomic mass is 10.3. The van der Waals surface area contributed by atoms with E-state index in [9.17, 15) is 17.2 Å². The van der Waals surface area contributed by atoms with Crippen molar-refractivity contribution in [2.24, 2.45) is 0 Å². The Hall–Kier alpha value is -0.270. The van der Waals surface area contributed by atoms with E-state index in [-0.39, 0.29) is 19.8 Å². The summed E-state index contributed by atoms with van der Waals surface area (Å²) in [5.41, 5.74) is 0. The van der Waals surface area contributed by atoms with Crippen LogP contribution in [-0.2, 0) is 14.8 Å². The third kappa shape index (κ3) is 2.15. The van der Waals surface area contributed by atoms with Crippen molar-refractivity contribution in [3.63, 3.8) is 0 Å². The molecule has 1 aliphatic heterocycles. The molecular weight excluding hydrogens is 204 g/mol. The zero-order valence-corrected chi connectivity index (χ0v) is 7.93. The molecule has 0 aromatic carbocycles. The van der Waals surface area contributed by atoms with Gasteiger partial charge in [0.05, 0.1) is 13.2 Å². The third-order valence-corrected chi connectivity index (χ3v) is 3.51. The van der Waals surface area contributed by atoms with E-state index in [1.165, 1.54) is 0 Å². The number of hydrogen-bond acceptors (Lipinski definition) is 3. The molecule has 0 N–H and O–H groups in total. The number of halogens is 2. The van der Waals surface area contributed by atoms with Gasteiger partial charge in [-0.2, -0.15) is 13.1 Å². The first-order chi connectivity index (χ1) is 5.96. The fourth-order valence-electron chi connectivity index (χ4n) is 1.19. The van der Waals surface area contributed by atoms with Crippen LogP contribution in [0.15, 0.2) is 0 Å². The van der Waals surface area contributed by atoms with Crippen LogP contribution in [0.2, 0.25) is 0 Å². The maximum atomic E-state index is 12.1. The van der Waals surface area contributed by atoms with Gasteiger partial charge in [-0.1, -0.05) is 0 Å². The first-order valence-corrected chi connectivity index (χ1v) is 5.33. The van der Waals surface area contributed by atoms with Gasteiger partial charge >= 0.3 is 5.76 Å². The normalized spacial score (nSPS) is 26.6. The molecule has 0 radical (unpaired) electrons. The minimum atomic E-state index is -4.43. The van der Waals surface area contributed by atoms with E-state index in [0.29, 0.717) is 0 Å². The monoisotopic (exact) mass is 215 g/mol. The minimum absolute atomic E-state index is 0.00778. The maximum absolute atomic E-state index is 12.1. The van der Waals surface area contributed by atoms with Crippen molar-refractivity contribution in [3.05, 3.63) is 0 Å². The highest BCUT2D eigenvalue weighted by atomic mass is 32.2. The van der Waals surface area contributed by atoms with Gasteiger partial charge in [-0.15, -0.1) is 0 Å². The number of alkyl halides is 2.